The first kappa shape index (κ1) is 70.8. The molecule has 0 aromatic heterocycles. The Morgan fingerprint density at radius 2 is 0.398 bits per heavy atom. The Morgan fingerprint density at radius 1 is 0.227 bits per heavy atom. The number of aliphatic hydroxyl groups excluding tert-OH is 20. The predicted octanol–water partition coefficient (Wildman–Crippen LogP) is -16.1. The number of ether oxygens (including phenoxy) is 14. The molecule has 35 atom stereocenters. The molecule has 22 aliphatic heterocycles. The van der Waals surface area contributed by atoms with Gasteiger partial charge in [-0.2, -0.15) is 0 Å². The van der Waals surface area contributed by atoms with E-state index in [0.29, 0.717) is 52.4 Å². The van der Waals surface area contributed by atoms with Crippen molar-refractivity contribution in [3.63, 3.8) is 0 Å². The van der Waals surface area contributed by atoms with Gasteiger partial charge in [0, 0.05) is 58.9 Å². The number of hydrogen-bond donors (Lipinski definition) is 23. The molecule has 0 aromatic rings. The molecule has 22 saturated heterocycles. The van der Waals surface area contributed by atoms with Crippen LogP contribution in [0.2, 0.25) is 0 Å². The molecule has 14 bridgehead atoms. The fourth-order valence-corrected chi connectivity index (χ4v) is 12.2. The lowest BCUT2D eigenvalue weighted by atomic mass is 9.95. The highest BCUT2D eigenvalue weighted by atomic mass is 16.8. The summed E-state index contributed by atoms with van der Waals surface area (Å²) >= 11 is 0. The molecule has 22 aliphatic rings. The third kappa shape index (κ3) is 15.3. The van der Waals surface area contributed by atoms with Gasteiger partial charge in [-0.3, -0.25) is 4.90 Å². The molecule has 0 aliphatic carbocycles. The number of aliphatic hydroxyl groups is 20. The molecule has 512 valence electrons. The smallest absolute Gasteiger partial charge is 0.187 e. The Hall–Kier alpha value is -1.52. The number of hydrogen-bond acceptors (Lipinski definition) is 38. The molecule has 38 nitrogen and oxygen atoms in total. The first-order valence-electron chi connectivity index (χ1n) is 29.4. The molecular formula is C50H88N4O34. The van der Waals surface area contributed by atoms with E-state index in [9.17, 15) is 102 Å². The summed E-state index contributed by atoms with van der Waals surface area (Å²) in [6, 6.07) is 0. The summed E-state index contributed by atoms with van der Waals surface area (Å²) in [5.41, 5.74) is 0. The van der Waals surface area contributed by atoms with Crippen molar-refractivity contribution in [2.24, 2.45) is 0 Å². The minimum atomic E-state index is -2.21. The van der Waals surface area contributed by atoms with Gasteiger partial charge < -0.3 is 184 Å². The molecule has 0 spiro atoms. The van der Waals surface area contributed by atoms with E-state index in [0.717, 1.165) is 0 Å². The average molecular weight is 1290 g/mol. The molecule has 38 heteroatoms. The summed E-state index contributed by atoms with van der Waals surface area (Å²) in [6.45, 7) is -2.24. The predicted molar refractivity (Wildman–Crippen MR) is 276 cm³/mol. The van der Waals surface area contributed by atoms with Crippen molar-refractivity contribution in [3.05, 3.63) is 0 Å². The minimum Gasteiger partial charge on any atom is -0.394 e. The average Bonchev–Trinajstić information content (AvgIpc) is 1.38. The third-order valence-electron chi connectivity index (χ3n) is 17.2. The lowest BCUT2D eigenvalue weighted by molar-refractivity contribution is -0.396. The molecule has 22 rings (SSSR count). The molecule has 0 radical (unpaired) electrons. The van der Waals surface area contributed by atoms with Gasteiger partial charge >= 0.3 is 0 Å². The Kier molecular flexibility index (Phi) is 25.6. The molecule has 0 saturated carbocycles. The van der Waals surface area contributed by atoms with Gasteiger partial charge in [0.1, 0.15) is 171 Å². The standard InChI is InChI=1S/C50H88N4O34/c55-10-17-38-25(63)32(70)46(77-17)85-40-19(12-57)79-48(34(72)27(40)65)87-42-21(14-59)81-50(36(74)29(42)67)88-43-22(15-60)80-49(35(73)28(43)66)86-41-20(13-58)78-47(33(71)26(41)64)84-39-18(11-56)76-45(31(69)24(39)62)82-37-16(75-44(83-38)30(68)23(37)61)9-54-7-5-52-3-1-51-2-4-53-6-8-54/h16-53,55-74H,1-15H2/t16-,17-,18-,19-,20-,21-,22-,23-,24-,25-,26-,27-,28-,29-,30-,31-,32-,33-,34-,35-,36-,37-,38-,39-,40-,41-,42-,43-,44-,45-,46-,47-,48-,49-,50-/m1/s1. The fraction of sp³-hybridized carbons (Fsp3) is 1.00. The maximum absolute atomic E-state index is 12.0. The largest absolute Gasteiger partial charge is 0.394 e. The Labute approximate surface area is 501 Å². The topological polar surface area (TPSA) is 573 Å². The normalized spacial score (nSPS) is 52.0. The van der Waals surface area contributed by atoms with Crippen LogP contribution in [0.15, 0.2) is 0 Å². The lowest BCUT2D eigenvalue weighted by Crippen LogP contribution is -2.68. The van der Waals surface area contributed by atoms with E-state index in [-0.39, 0.29) is 6.54 Å². The van der Waals surface area contributed by atoms with Crippen LogP contribution >= 0.6 is 0 Å². The van der Waals surface area contributed by atoms with Gasteiger partial charge in [-0.15, -0.1) is 0 Å². The quantitative estimate of drug-likeness (QED) is 0.107. The summed E-state index contributed by atoms with van der Waals surface area (Å²) in [5, 5.41) is 235. The van der Waals surface area contributed by atoms with Gasteiger partial charge in [-0.05, 0) is 0 Å². The fourth-order valence-electron chi connectivity index (χ4n) is 12.2. The molecule has 0 amide bonds. The van der Waals surface area contributed by atoms with Crippen LogP contribution in [0.3, 0.4) is 0 Å². The van der Waals surface area contributed by atoms with Gasteiger partial charge in [0.2, 0.25) is 0 Å². The zero-order chi connectivity index (χ0) is 63.4. The number of nitrogens with zero attached hydrogens (tertiary/aromatic N) is 1. The zero-order valence-electron chi connectivity index (χ0n) is 47.4. The van der Waals surface area contributed by atoms with E-state index in [2.05, 4.69) is 16.0 Å². The van der Waals surface area contributed by atoms with Gasteiger partial charge in [0.25, 0.3) is 0 Å². The number of nitrogens with one attached hydrogen (secondary N) is 3. The summed E-state index contributed by atoms with van der Waals surface area (Å²) in [4.78, 5) is 1.89. The van der Waals surface area contributed by atoms with Crippen molar-refractivity contribution in [2.75, 3.05) is 98.5 Å². The van der Waals surface area contributed by atoms with Crippen LogP contribution in [0.1, 0.15) is 0 Å². The van der Waals surface area contributed by atoms with Crippen molar-refractivity contribution in [2.45, 2.75) is 215 Å². The summed E-state index contributed by atoms with van der Waals surface area (Å²) < 4.78 is 82.2. The SMILES string of the molecule is OC[C@H]1O[C@@H]2O[C@H]3[C@H](O)[C@@H](O)[C@@H](O[C@H]4[C@H](O)[C@@H](O)[C@@H](O[C@H]5[C@H](O)[C@@H](O)[C@@H](O[C@H]6[C@H](O)[C@@H](O)[C@@H](O[C@H]7[C@H](O)[C@@H](O)[C@@H](O[C@H]8[C@H](O)[C@@H](O)[C@@H](O[C@H]1[C@H](O)[C@H]2O)O[C@@H]8CO)O[C@@H]7CO)O[C@@H]6CO)O[C@@H]5CN1CCNCCNCCNCC1)O[C@@H]4CO)O[C@@H]3CO. The van der Waals surface area contributed by atoms with Crippen molar-refractivity contribution < 1.29 is 168 Å². The van der Waals surface area contributed by atoms with Gasteiger partial charge in [-0.25, -0.2) is 0 Å². The third-order valence-corrected chi connectivity index (χ3v) is 17.2. The lowest BCUT2D eigenvalue weighted by Gasteiger charge is -2.50. The van der Waals surface area contributed by atoms with Crippen molar-refractivity contribution in [3.8, 4) is 0 Å². The van der Waals surface area contributed by atoms with Crippen LogP contribution in [0.25, 0.3) is 0 Å². The van der Waals surface area contributed by atoms with Crippen LogP contribution in [0, 0.1) is 0 Å². The minimum absolute atomic E-state index is 0.142. The Bertz CT molecular complexity index is 2070. The van der Waals surface area contributed by atoms with Crippen LogP contribution < -0.4 is 16.0 Å². The van der Waals surface area contributed by atoms with E-state index in [1.807, 2.05) is 4.90 Å². The van der Waals surface area contributed by atoms with Gasteiger partial charge in [-0.1, -0.05) is 0 Å². The van der Waals surface area contributed by atoms with Crippen LogP contribution in [0.4, 0.5) is 0 Å². The van der Waals surface area contributed by atoms with Crippen LogP contribution in [0.5, 0.6) is 0 Å². The highest BCUT2D eigenvalue weighted by Crippen LogP contribution is 2.39. The molecule has 23 N–H and O–H groups in total. The van der Waals surface area contributed by atoms with E-state index >= 15 is 0 Å². The highest BCUT2D eigenvalue weighted by Gasteiger charge is 2.60. The van der Waals surface area contributed by atoms with Crippen LogP contribution in [-0.2, 0) is 66.3 Å². The molecule has 88 heavy (non-hydrogen) atoms. The van der Waals surface area contributed by atoms with E-state index in [4.69, 9.17) is 66.3 Å². The monoisotopic (exact) mass is 1290 g/mol. The molecule has 0 unspecified atom stereocenters. The summed E-state index contributed by atoms with van der Waals surface area (Å²) in [6.07, 6.45) is -69.2. The van der Waals surface area contributed by atoms with E-state index in [1.54, 1.807) is 0 Å². The zero-order valence-corrected chi connectivity index (χ0v) is 47.4. The second kappa shape index (κ2) is 31.8. The van der Waals surface area contributed by atoms with Crippen molar-refractivity contribution >= 4 is 0 Å². The molecule has 0 aromatic carbocycles. The van der Waals surface area contributed by atoms with E-state index in [1.165, 1.54) is 0 Å². The van der Waals surface area contributed by atoms with E-state index < -0.39 is 255 Å². The number of rotatable bonds is 8. The van der Waals surface area contributed by atoms with Crippen molar-refractivity contribution in [1.29, 1.82) is 0 Å². The molecular weight excluding hydrogens is 1200 g/mol. The highest BCUT2D eigenvalue weighted by molar-refractivity contribution is 5.02. The second-order valence-corrected chi connectivity index (χ2v) is 23.0. The summed E-state index contributed by atoms with van der Waals surface area (Å²) in [5.74, 6) is 0. The molecule has 22 fully saturated rings. The molecule has 22 heterocycles. The maximum atomic E-state index is 12.0. The summed E-state index contributed by atoms with van der Waals surface area (Å²) in [7, 11) is 0. The maximum Gasteiger partial charge on any atom is 0.187 e. The second-order valence-electron chi connectivity index (χ2n) is 23.0. The Morgan fingerprint density at radius 3 is 0.591 bits per heavy atom. The van der Waals surface area contributed by atoms with Gasteiger partial charge in [0.15, 0.2) is 44.0 Å². The first-order chi connectivity index (χ1) is 42.2. The van der Waals surface area contributed by atoms with Crippen molar-refractivity contribution in [1.82, 2.24) is 20.9 Å². The Balaban J connectivity index is 1.02. The van der Waals surface area contributed by atoms with Gasteiger partial charge in [0.05, 0.1) is 39.6 Å². The first-order valence-corrected chi connectivity index (χ1v) is 29.4. The van der Waals surface area contributed by atoms with Crippen LogP contribution in [-0.4, -0.2) is 421 Å².